The number of methoxy groups -OCH3 is 2. The Balaban J connectivity index is 1.72. The van der Waals surface area contributed by atoms with Crippen LogP contribution in [0.25, 0.3) is 5.69 Å². The third kappa shape index (κ3) is 4.40. The lowest BCUT2D eigenvalue weighted by atomic mass is 10.1. The summed E-state index contributed by atoms with van der Waals surface area (Å²) in [6, 6.07) is 11.4. The first-order valence-electron chi connectivity index (χ1n) is 9.21. The van der Waals surface area contributed by atoms with Crippen molar-refractivity contribution in [3.8, 4) is 17.2 Å². The fraction of sp³-hybridized carbons (Fsp3) is 0.238. The Kier molecular flexibility index (Phi) is 6.31. The zero-order chi connectivity index (χ0) is 21.7. The minimum atomic E-state index is -0.483. The quantitative estimate of drug-likeness (QED) is 0.348. The SMILES string of the molecule is COc1ccc(CCN=Cc2c(C)[nH]n(-c3ccc([N+](=O)[O-])cc3)c2=O)cc1OC. The molecule has 0 fully saturated rings. The van der Waals surface area contributed by atoms with Crippen molar-refractivity contribution in [3.63, 3.8) is 0 Å². The van der Waals surface area contributed by atoms with Crippen LogP contribution >= 0.6 is 0 Å². The summed E-state index contributed by atoms with van der Waals surface area (Å²) in [5.41, 5.74) is 2.36. The van der Waals surface area contributed by atoms with Crippen LogP contribution in [0.15, 0.2) is 52.3 Å². The summed E-state index contributed by atoms with van der Waals surface area (Å²) in [6.07, 6.45) is 2.23. The van der Waals surface area contributed by atoms with E-state index in [4.69, 9.17) is 9.47 Å². The maximum absolute atomic E-state index is 12.7. The third-order valence-electron chi connectivity index (χ3n) is 4.63. The number of hydrogen-bond acceptors (Lipinski definition) is 6. The number of non-ortho nitro benzene ring substituents is 1. The molecule has 9 heteroatoms. The molecule has 3 rings (SSSR count). The molecule has 156 valence electrons. The number of aryl methyl sites for hydroxylation is 1. The molecule has 1 heterocycles. The molecule has 0 saturated carbocycles. The monoisotopic (exact) mass is 410 g/mol. The normalized spacial score (nSPS) is 11.0. The van der Waals surface area contributed by atoms with E-state index in [0.717, 1.165) is 5.56 Å². The highest BCUT2D eigenvalue weighted by atomic mass is 16.6. The number of hydrogen-bond donors (Lipinski definition) is 1. The van der Waals surface area contributed by atoms with Crippen molar-refractivity contribution in [2.75, 3.05) is 20.8 Å². The highest BCUT2D eigenvalue weighted by Gasteiger charge is 2.12. The molecule has 0 bridgehead atoms. The van der Waals surface area contributed by atoms with Gasteiger partial charge in [-0.1, -0.05) is 6.07 Å². The van der Waals surface area contributed by atoms with Gasteiger partial charge in [-0.3, -0.25) is 25.0 Å². The van der Waals surface area contributed by atoms with Crippen molar-refractivity contribution >= 4 is 11.9 Å². The molecule has 9 nitrogen and oxygen atoms in total. The topological polar surface area (TPSA) is 112 Å². The van der Waals surface area contributed by atoms with Gasteiger partial charge in [0.05, 0.1) is 30.4 Å². The predicted octanol–water partition coefficient (Wildman–Crippen LogP) is 3.06. The Hall–Kier alpha value is -3.88. The number of aliphatic imine (C=N–C) groups is 1. The Morgan fingerprint density at radius 1 is 1.13 bits per heavy atom. The van der Waals surface area contributed by atoms with E-state index in [1.807, 2.05) is 18.2 Å². The van der Waals surface area contributed by atoms with Gasteiger partial charge in [-0.25, -0.2) is 4.68 Å². The van der Waals surface area contributed by atoms with Gasteiger partial charge in [0.25, 0.3) is 11.2 Å². The second-order valence-corrected chi connectivity index (χ2v) is 6.54. The zero-order valence-electron chi connectivity index (χ0n) is 16.9. The van der Waals surface area contributed by atoms with E-state index < -0.39 is 4.92 Å². The summed E-state index contributed by atoms with van der Waals surface area (Å²) >= 11 is 0. The van der Waals surface area contributed by atoms with Crippen LogP contribution in [0.2, 0.25) is 0 Å². The molecule has 2 aromatic carbocycles. The lowest BCUT2D eigenvalue weighted by Crippen LogP contribution is -2.17. The van der Waals surface area contributed by atoms with E-state index in [0.29, 0.717) is 41.4 Å². The Morgan fingerprint density at radius 3 is 2.47 bits per heavy atom. The standard InChI is InChI=1S/C21H22N4O5/c1-14-18(13-22-11-10-15-4-9-19(29-2)20(12-15)30-3)21(26)24(23-14)16-5-7-17(8-6-16)25(27)28/h4-9,12-13,23H,10-11H2,1-3H3. The average molecular weight is 410 g/mol. The molecule has 0 aliphatic rings. The number of aromatic amines is 1. The maximum atomic E-state index is 12.7. The molecular formula is C21H22N4O5. The van der Waals surface area contributed by atoms with Gasteiger partial charge in [-0.2, -0.15) is 0 Å². The van der Waals surface area contributed by atoms with Crippen molar-refractivity contribution in [1.82, 2.24) is 9.78 Å². The second-order valence-electron chi connectivity index (χ2n) is 6.54. The van der Waals surface area contributed by atoms with Crippen molar-refractivity contribution in [2.45, 2.75) is 13.3 Å². The first-order valence-corrected chi connectivity index (χ1v) is 9.21. The Morgan fingerprint density at radius 2 is 1.83 bits per heavy atom. The van der Waals surface area contributed by atoms with E-state index in [2.05, 4.69) is 10.1 Å². The Bertz CT molecular complexity index is 1130. The number of ether oxygens (including phenoxy) is 2. The van der Waals surface area contributed by atoms with Gasteiger partial charge in [-0.15, -0.1) is 0 Å². The number of benzene rings is 2. The molecule has 0 aliphatic heterocycles. The summed E-state index contributed by atoms with van der Waals surface area (Å²) in [5, 5.41) is 13.8. The lowest BCUT2D eigenvalue weighted by Gasteiger charge is -2.08. The zero-order valence-corrected chi connectivity index (χ0v) is 16.9. The van der Waals surface area contributed by atoms with Crippen LogP contribution < -0.4 is 15.0 Å². The molecule has 0 aliphatic carbocycles. The fourth-order valence-electron chi connectivity index (χ4n) is 3.00. The van der Waals surface area contributed by atoms with E-state index in [1.54, 1.807) is 27.4 Å². The molecule has 0 saturated heterocycles. The number of nitro groups is 1. The second kappa shape index (κ2) is 9.08. The molecule has 0 radical (unpaired) electrons. The molecule has 0 atom stereocenters. The number of rotatable bonds is 8. The average Bonchev–Trinajstić information content (AvgIpc) is 3.04. The van der Waals surface area contributed by atoms with Gasteiger partial charge < -0.3 is 9.47 Å². The third-order valence-corrected chi connectivity index (χ3v) is 4.63. The number of nitrogens with one attached hydrogen (secondary N) is 1. The van der Waals surface area contributed by atoms with Crippen molar-refractivity contribution < 1.29 is 14.4 Å². The van der Waals surface area contributed by atoms with Crippen LogP contribution in [-0.4, -0.2) is 41.7 Å². The lowest BCUT2D eigenvalue weighted by molar-refractivity contribution is -0.384. The molecule has 3 aromatic rings. The first kappa shape index (κ1) is 20.8. The van der Waals surface area contributed by atoms with Gasteiger partial charge in [0.1, 0.15) is 0 Å². The predicted molar refractivity (Wildman–Crippen MR) is 113 cm³/mol. The van der Waals surface area contributed by atoms with Gasteiger partial charge in [0.15, 0.2) is 11.5 Å². The summed E-state index contributed by atoms with van der Waals surface area (Å²) in [6.45, 7) is 2.27. The van der Waals surface area contributed by atoms with E-state index in [1.165, 1.54) is 28.9 Å². The van der Waals surface area contributed by atoms with Crippen LogP contribution in [0.3, 0.4) is 0 Å². The van der Waals surface area contributed by atoms with Crippen LogP contribution in [0.4, 0.5) is 5.69 Å². The molecule has 1 aromatic heterocycles. The van der Waals surface area contributed by atoms with Crippen LogP contribution in [-0.2, 0) is 6.42 Å². The summed E-state index contributed by atoms with van der Waals surface area (Å²) in [7, 11) is 3.18. The Labute approximate surface area is 172 Å². The van der Waals surface area contributed by atoms with Crippen LogP contribution in [0, 0.1) is 17.0 Å². The largest absolute Gasteiger partial charge is 0.493 e. The van der Waals surface area contributed by atoms with E-state index in [9.17, 15) is 14.9 Å². The summed E-state index contributed by atoms with van der Waals surface area (Å²) in [4.78, 5) is 27.4. The van der Waals surface area contributed by atoms with Crippen LogP contribution in [0.5, 0.6) is 11.5 Å². The number of aromatic nitrogens is 2. The minimum absolute atomic E-state index is 0.0352. The highest BCUT2D eigenvalue weighted by Crippen LogP contribution is 2.27. The van der Waals surface area contributed by atoms with E-state index >= 15 is 0 Å². The number of nitro benzene ring substituents is 1. The van der Waals surface area contributed by atoms with Gasteiger partial charge in [0.2, 0.25) is 0 Å². The molecular weight excluding hydrogens is 388 g/mol. The van der Waals surface area contributed by atoms with Crippen LogP contribution in [0.1, 0.15) is 16.8 Å². The molecule has 1 N–H and O–H groups in total. The highest BCUT2D eigenvalue weighted by molar-refractivity contribution is 5.80. The summed E-state index contributed by atoms with van der Waals surface area (Å²) < 4.78 is 11.9. The van der Waals surface area contributed by atoms with Gasteiger partial charge in [-0.05, 0) is 43.2 Å². The maximum Gasteiger partial charge on any atom is 0.280 e. The van der Waals surface area contributed by atoms with Gasteiger partial charge in [0, 0.05) is 30.6 Å². The number of nitrogens with zero attached hydrogens (tertiary/aromatic N) is 3. The molecule has 0 spiro atoms. The van der Waals surface area contributed by atoms with Crippen molar-refractivity contribution in [1.29, 1.82) is 0 Å². The van der Waals surface area contributed by atoms with Gasteiger partial charge >= 0.3 is 0 Å². The molecule has 0 amide bonds. The fourth-order valence-corrected chi connectivity index (χ4v) is 3.00. The summed E-state index contributed by atoms with van der Waals surface area (Å²) in [5.74, 6) is 1.32. The van der Waals surface area contributed by atoms with Crippen molar-refractivity contribution in [2.24, 2.45) is 4.99 Å². The first-order chi connectivity index (χ1) is 14.4. The number of H-pyrrole nitrogens is 1. The van der Waals surface area contributed by atoms with E-state index in [-0.39, 0.29) is 11.2 Å². The minimum Gasteiger partial charge on any atom is -0.493 e. The van der Waals surface area contributed by atoms with Crippen molar-refractivity contribution in [3.05, 3.63) is 79.8 Å². The molecule has 0 unspecified atom stereocenters. The smallest absolute Gasteiger partial charge is 0.280 e. The molecule has 30 heavy (non-hydrogen) atoms.